The zero-order chi connectivity index (χ0) is 13.1. The Labute approximate surface area is 106 Å². The molecule has 2 rings (SSSR count). The maximum Gasteiger partial charge on any atom is 0.337 e. The van der Waals surface area contributed by atoms with Gasteiger partial charge in [-0.3, -0.25) is 4.98 Å². The van der Waals surface area contributed by atoms with Gasteiger partial charge in [0.25, 0.3) is 0 Å². The topological polar surface area (TPSA) is 50.2 Å². The molecule has 92 valence electrons. The lowest BCUT2D eigenvalue weighted by Crippen LogP contribution is -2.04. The minimum atomic E-state index is -0.921. The van der Waals surface area contributed by atoms with Gasteiger partial charge in [-0.1, -0.05) is 30.7 Å². The van der Waals surface area contributed by atoms with Crippen molar-refractivity contribution in [3.63, 3.8) is 0 Å². The number of carboxylic acids is 1. The summed E-state index contributed by atoms with van der Waals surface area (Å²) < 4.78 is 0. The van der Waals surface area contributed by atoms with Gasteiger partial charge in [-0.15, -0.1) is 0 Å². The van der Waals surface area contributed by atoms with Gasteiger partial charge in [-0.2, -0.15) is 0 Å². The van der Waals surface area contributed by atoms with Crippen LogP contribution in [0.3, 0.4) is 0 Å². The highest BCUT2D eigenvalue weighted by Crippen LogP contribution is 2.20. The third-order valence-corrected chi connectivity index (χ3v) is 2.85. The largest absolute Gasteiger partial charge is 0.478 e. The quantitative estimate of drug-likeness (QED) is 0.896. The van der Waals surface area contributed by atoms with Crippen LogP contribution in [0.4, 0.5) is 0 Å². The van der Waals surface area contributed by atoms with Crippen LogP contribution in [0.2, 0.25) is 0 Å². The minimum Gasteiger partial charge on any atom is -0.478 e. The molecule has 1 aromatic carbocycles. The Hall–Kier alpha value is -2.16. The van der Waals surface area contributed by atoms with E-state index in [1.807, 2.05) is 38.1 Å². The van der Waals surface area contributed by atoms with Gasteiger partial charge in [-0.25, -0.2) is 4.79 Å². The van der Waals surface area contributed by atoms with Gasteiger partial charge < -0.3 is 5.11 Å². The summed E-state index contributed by atoms with van der Waals surface area (Å²) in [5, 5.41) is 9.06. The fourth-order valence-corrected chi connectivity index (χ4v) is 1.93. The van der Waals surface area contributed by atoms with Crippen LogP contribution in [-0.2, 0) is 6.42 Å². The first-order valence-electron chi connectivity index (χ1n) is 5.92. The van der Waals surface area contributed by atoms with Crippen LogP contribution in [0.25, 0.3) is 11.3 Å². The molecule has 18 heavy (non-hydrogen) atoms. The Balaban J connectivity index is 2.51. The first-order valence-corrected chi connectivity index (χ1v) is 5.92. The Morgan fingerprint density at radius 3 is 2.67 bits per heavy atom. The molecule has 0 amide bonds. The standard InChI is InChI=1S/C15H15NO2/c1-3-13-12(15(17)18)7-8-14(16-13)11-6-4-5-10(2)9-11/h4-9H,3H2,1-2H3,(H,17,18). The number of benzene rings is 1. The van der Waals surface area contributed by atoms with Crippen molar-refractivity contribution >= 4 is 5.97 Å². The molecule has 1 heterocycles. The van der Waals surface area contributed by atoms with Gasteiger partial charge in [0.1, 0.15) is 0 Å². The summed E-state index contributed by atoms with van der Waals surface area (Å²) in [6, 6.07) is 11.4. The molecule has 0 aliphatic rings. The Bertz CT molecular complexity index is 591. The number of carboxylic acid groups (broad SMARTS) is 1. The highest BCUT2D eigenvalue weighted by atomic mass is 16.4. The SMILES string of the molecule is CCc1nc(-c2cccc(C)c2)ccc1C(=O)O. The molecule has 0 fully saturated rings. The van der Waals surface area contributed by atoms with E-state index in [2.05, 4.69) is 4.98 Å². The monoisotopic (exact) mass is 241 g/mol. The summed E-state index contributed by atoms with van der Waals surface area (Å²) in [4.78, 5) is 15.5. The fraction of sp³-hybridized carbons (Fsp3) is 0.200. The van der Waals surface area contributed by atoms with Crippen LogP contribution >= 0.6 is 0 Å². The summed E-state index contributed by atoms with van der Waals surface area (Å²) >= 11 is 0. The molecule has 0 saturated heterocycles. The first-order chi connectivity index (χ1) is 8.61. The van der Waals surface area contributed by atoms with Crippen molar-refractivity contribution in [3.8, 4) is 11.3 Å². The number of hydrogen-bond acceptors (Lipinski definition) is 2. The second-order valence-electron chi connectivity index (χ2n) is 4.22. The molecule has 0 atom stereocenters. The van der Waals surface area contributed by atoms with Crippen molar-refractivity contribution in [3.05, 3.63) is 53.2 Å². The average molecular weight is 241 g/mol. The van der Waals surface area contributed by atoms with E-state index in [0.717, 1.165) is 16.8 Å². The molecule has 3 heteroatoms. The van der Waals surface area contributed by atoms with Crippen molar-refractivity contribution < 1.29 is 9.90 Å². The van der Waals surface area contributed by atoms with E-state index in [9.17, 15) is 4.79 Å². The number of rotatable bonds is 3. The molecule has 0 saturated carbocycles. The number of nitrogens with zero attached hydrogens (tertiary/aromatic N) is 1. The van der Waals surface area contributed by atoms with Crippen LogP contribution in [0.15, 0.2) is 36.4 Å². The normalized spacial score (nSPS) is 10.3. The maximum atomic E-state index is 11.0. The summed E-state index contributed by atoms with van der Waals surface area (Å²) in [6.45, 7) is 3.94. The van der Waals surface area contributed by atoms with Crippen molar-refractivity contribution in [1.82, 2.24) is 4.98 Å². The molecule has 0 radical (unpaired) electrons. The maximum absolute atomic E-state index is 11.0. The average Bonchev–Trinajstić information content (AvgIpc) is 2.37. The van der Waals surface area contributed by atoms with Crippen molar-refractivity contribution in [2.45, 2.75) is 20.3 Å². The molecule has 0 bridgehead atoms. The lowest BCUT2D eigenvalue weighted by molar-refractivity contribution is 0.0695. The van der Waals surface area contributed by atoms with E-state index in [4.69, 9.17) is 5.11 Å². The van der Waals surface area contributed by atoms with Crippen molar-refractivity contribution in [2.24, 2.45) is 0 Å². The highest BCUT2D eigenvalue weighted by molar-refractivity contribution is 5.89. The van der Waals surface area contributed by atoms with E-state index in [-0.39, 0.29) is 5.56 Å². The second kappa shape index (κ2) is 5.00. The second-order valence-corrected chi connectivity index (χ2v) is 4.22. The molecule has 1 aromatic heterocycles. The molecule has 3 nitrogen and oxygen atoms in total. The lowest BCUT2D eigenvalue weighted by Gasteiger charge is -2.07. The number of aromatic nitrogens is 1. The first kappa shape index (κ1) is 12.3. The number of aromatic carboxylic acids is 1. The number of aryl methyl sites for hydroxylation is 2. The third kappa shape index (κ3) is 2.40. The number of carbonyl (C=O) groups is 1. The highest BCUT2D eigenvalue weighted by Gasteiger charge is 2.11. The van der Waals surface area contributed by atoms with Gasteiger partial charge >= 0.3 is 5.97 Å². The Morgan fingerprint density at radius 1 is 1.28 bits per heavy atom. The fourth-order valence-electron chi connectivity index (χ4n) is 1.93. The molecule has 0 unspecified atom stereocenters. The smallest absolute Gasteiger partial charge is 0.337 e. The lowest BCUT2D eigenvalue weighted by atomic mass is 10.1. The van der Waals surface area contributed by atoms with Gasteiger partial charge in [0.05, 0.1) is 17.0 Å². The van der Waals surface area contributed by atoms with E-state index < -0.39 is 5.97 Å². The molecule has 0 spiro atoms. The zero-order valence-electron chi connectivity index (χ0n) is 10.5. The summed E-state index contributed by atoms with van der Waals surface area (Å²) in [5.74, 6) is -0.921. The van der Waals surface area contributed by atoms with E-state index in [1.54, 1.807) is 12.1 Å². The molecule has 0 aliphatic carbocycles. The number of pyridine rings is 1. The van der Waals surface area contributed by atoms with Gasteiger partial charge in [0.2, 0.25) is 0 Å². The predicted molar refractivity (Wildman–Crippen MR) is 70.7 cm³/mol. The molecule has 1 N–H and O–H groups in total. The van der Waals surface area contributed by atoms with E-state index in [1.165, 1.54) is 0 Å². The molecular weight excluding hydrogens is 226 g/mol. The van der Waals surface area contributed by atoms with Crippen molar-refractivity contribution in [1.29, 1.82) is 0 Å². The third-order valence-electron chi connectivity index (χ3n) is 2.85. The summed E-state index contributed by atoms with van der Waals surface area (Å²) in [6.07, 6.45) is 0.612. The summed E-state index contributed by atoms with van der Waals surface area (Å²) in [7, 11) is 0. The van der Waals surface area contributed by atoms with Crippen molar-refractivity contribution in [2.75, 3.05) is 0 Å². The van der Waals surface area contributed by atoms with Gasteiger partial charge in [0.15, 0.2) is 0 Å². The van der Waals surface area contributed by atoms with Crippen LogP contribution < -0.4 is 0 Å². The van der Waals surface area contributed by atoms with E-state index >= 15 is 0 Å². The minimum absolute atomic E-state index is 0.286. The van der Waals surface area contributed by atoms with Crippen LogP contribution in [0.5, 0.6) is 0 Å². The van der Waals surface area contributed by atoms with Crippen LogP contribution in [0, 0.1) is 6.92 Å². The predicted octanol–water partition coefficient (Wildman–Crippen LogP) is 3.32. The zero-order valence-corrected chi connectivity index (χ0v) is 10.5. The molecule has 2 aromatic rings. The van der Waals surface area contributed by atoms with Gasteiger partial charge in [-0.05, 0) is 31.5 Å². The summed E-state index contributed by atoms with van der Waals surface area (Å²) in [5.41, 5.74) is 3.91. The van der Waals surface area contributed by atoms with Crippen LogP contribution in [-0.4, -0.2) is 16.1 Å². The Morgan fingerprint density at radius 2 is 2.06 bits per heavy atom. The van der Waals surface area contributed by atoms with Crippen LogP contribution in [0.1, 0.15) is 28.5 Å². The van der Waals surface area contributed by atoms with E-state index in [0.29, 0.717) is 12.1 Å². The number of hydrogen-bond donors (Lipinski definition) is 1. The van der Waals surface area contributed by atoms with Gasteiger partial charge in [0, 0.05) is 5.56 Å². The molecule has 0 aliphatic heterocycles. The Kier molecular flexibility index (Phi) is 3.42. The molecular formula is C15H15NO2.